The summed E-state index contributed by atoms with van der Waals surface area (Å²) in [6, 6.07) is 25.0. The highest BCUT2D eigenvalue weighted by molar-refractivity contribution is 9.10. The number of methoxy groups -OCH3 is 2. The molecule has 226 valence electrons. The van der Waals surface area contributed by atoms with E-state index in [9.17, 15) is 18.8 Å². The summed E-state index contributed by atoms with van der Waals surface area (Å²) >= 11 is 4.48. The van der Waals surface area contributed by atoms with Crippen LogP contribution >= 0.6 is 27.7 Å². The van der Waals surface area contributed by atoms with E-state index in [1.807, 2.05) is 0 Å². The van der Waals surface area contributed by atoms with E-state index in [4.69, 9.17) is 9.47 Å². The number of carbonyl (C=O) groups excluding carboxylic acids is 3. The molecule has 0 saturated heterocycles. The van der Waals surface area contributed by atoms with Gasteiger partial charge in [0, 0.05) is 20.6 Å². The smallest absolute Gasteiger partial charge is 0.272 e. The molecule has 0 aromatic heterocycles. The number of anilines is 2. The van der Waals surface area contributed by atoms with Gasteiger partial charge in [-0.05, 0) is 85.3 Å². The Balaban J connectivity index is 1.47. The molecule has 8 nitrogen and oxygen atoms in total. The van der Waals surface area contributed by atoms with Gasteiger partial charge in [0.2, 0.25) is 5.91 Å². The Morgan fingerprint density at radius 1 is 0.864 bits per heavy atom. The molecule has 0 spiro atoms. The molecule has 3 amide bonds. The van der Waals surface area contributed by atoms with Gasteiger partial charge in [0.1, 0.15) is 11.5 Å². The van der Waals surface area contributed by atoms with Crippen LogP contribution in [0.25, 0.3) is 6.08 Å². The Hall–Kier alpha value is -4.61. The predicted octanol–water partition coefficient (Wildman–Crippen LogP) is 7.13. The first-order chi connectivity index (χ1) is 21.2. The summed E-state index contributed by atoms with van der Waals surface area (Å²) in [4.78, 5) is 39.7. The van der Waals surface area contributed by atoms with E-state index >= 15 is 0 Å². The van der Waals surface area contributed by atoms with Crippen molar-refractivity contribution in [3.05, 3.63) is 118 Å². The molecule has 0 aliphatic heterocycles. The quantitative estimate of drug-likeness (QED) is 0.115. The maximum absolute atomic E-state index is 14.1. The van der Waals surface area contributed by atoms with Crippen molar-refractivity contribution in [3.63, 3.8) is 0 Å². The van der Waals surface area contributed by atoms with Gasteiger partial charge in [0.15, 0.2) is 11.5 Å². The van der Waals surface area contributed by atoms with E-state index in [1.165, 1.54) is 44.2 Å². The van der Waals surface area contributed by atoms with E-state index in [1.54, 1.807) is 85.8 Å². The summed E-state index contributed by atoms with van der Waals surface area (Å²) in [6.07, 6.45) is 1.54. The topological polar surface area (TPSA) is 106 Å². The Labute approximate surface area is 267 Å². The van der Waals surface area contributed by atoms with E-state index in [0.29, 0.717) is 32.8 Å². The van der Waals surface area contributed by atoms with Crippen LogP contribution in [-0.4, -0.2) is 37.2 Å². The fourth-order valence-corrected chi connectivity index (χ4v) is 5.15. The maximum atomic E-state index is 14.1. The van der Waals surface area contributed by atoms with Gasteiger partial charge in [-0.1, -0.05) is 40.2 Å². The highest BCUT2D eigenvalue weighted by atomic mass is 79.9. The molecule has 0 aliphatic rings. The van der Waals surface area contributed by atoms with E-state index in [0.717, 1.165) is 4.90 Å². The third kappa shape index (κ3) is 8.71. The van der Waals surface area contributed by atoms with E-state index in [-0.39, 0.29) is 17.3 Å². The largest absolute Gasteiger partial charge is 0.493 e. The van der Waals surface area contributed by atoms with Crippen molar-refractivity contribution in [2.75, 3.05) is 24.9 Å². The molecule has 11 heteroatoms. The third-order valence-electron chi connectivity index (χ3n) is 6.23. The van der Waals surface area contributed by atoms with Crippen LogP contribution in [0.1, 0.15) is 22.8 Å². The van der Waals surface area contributed by atoms with Crippen molar-refractivity contribution in [3.8, 4) is 11.5 Å². The number of nitrogens with one attached hydrogen (secondary N) is 3. The van der Waals surface area contributed by atoms with Gasteiger partial charge in [0.25, 0.3) is 11.8 Å². The highest BCUT2D eigenvalue weighted by Gasteiger charge is 2.18. The lowest BCUT2D eigenvalue weighted by atomic mass is 10.1. The number of hydrogen-bond donors (Lipinski definition) is 3. The number of ether oxygens (including phenoxy) is 2. The third-order valence-corrected chi connectivity index (χ3v) is 7.84. The first-order valence-corrected chi connectivity index (χ1v) is 15.0. The fourth-order valence-electron chi connectivity index (χ4n) is 3.95. The van der Waals surface area contributed by atoms with Crippen molar-refractivity contribution in [2.24, 2.45) is 0 Å². The van der Waals surface area contributed by atoms with E-state index in [2.05, 4.69) is 31.9 Å². The van der Waals surface area contributed by atoms with Crippen molar-refractivity contribution in [1.29, 1.82) is 0 Å². The lowest BCUT2D eigenvalue weighted by Gasteiger charge is -2.14. The molecule has 0 bridgehead atoms. The predicted molar refractivity (Wildman–Crippen MR) is 175 cm³/mol. The zero-order chi connectivity index (χ0) is 31.6. The summed E-state index contributed by atoms with van der Waals surface area (Å²) < 4.78 is 25.4. The first kappa shape index (κ1) is 32.3. The monoisotopic (exact) mass is 677 g/mol. The Morgan fingerprint density at radius 2 is 1.57 bits per heavy atom. The SMILES string of the molecule is COc1ccc(/C=C(\NC(=O)c2ccccc2)C(=O)Nc2ccc(SC(C)C(=O)Nc3ccc(Br)cc3F)cc2)cc1OC. The molecule has 0 saturated carbocycles. The molecule has 4 aromatic rings. The molecule has 0 radical (unpaired) electrons. The molecular formula is C33H29BrFN3O5S. The van der Waals surface area contributed by atoms with Gasteiger partial charge in [-0.15, -0.1) is 11.8 Å². The minimum atomic E-state index is -0.547. The Kier molecular flexibility index (Phi) is 11.2. The zero-order valence-electron chi connectivity index (χ0n) is 24.0. The van der Waals surface area contributed by atoms with Crippen LogP contribution < -0.4 is 25.4 Å². The number of amides is 3. The number of halogens is 2. The van der Waals surface area contributed by atoms with Gasteiger partial charge in [0.05, 0.1) is 25.2 Å². The highest BCUT2D eigenvalue weighted by Crippen LogP contribution is 2.29. The maximum Gasteiger partial charge on any atom is 0.272 e. The fraction of sp³-hybridized carbons (Fsp3) is 0.121. The average Bonchev–Trinajstić information content (AvgIpc) is 3.03. The standard InChI is InChI=1S/C33H29BrFN3O5S/c1-20(31(39)37-27-15-10-23(34)19-26(27)35)44-25-13-11-24(12-14-25)36-33(41)28(38-32(40)22-7-5-4-6-8-22)17-21-9-16-29(42-2)30(18-21)43-3/h4-20H,1-3H3,(H,36,41)(H,37,39)(H,38,40)/b28-17-. The van der Waals surface area contributed by atoms with Crippen LogP contribution in [0.5, 0.6) is 11.5 Å². The van der Waals surface area contributed by atoms with Gasteiger partial charge >= 0.3 is 0 Å². The molecule has 0 fully saturated rings. The summed E-state index contributed by atoms with van der Waals surface area (Å²) in [5.74, 6) is -0.900. The lowest BCUT2D eigenvalue weighted by Crippen LogP contribution is -2.30. The summed E-state index contributed by atoms with van der Waals surface area (Å²) in [5, 5.41) is 7.58. The number of thioether (sulfide) groups is 1. The van der Waals surface area contributed by atoms with Crippen LogP contribution in [0.15, 0.2) is 106 Å². The second-order valence-corrected chi connectivity index (χ2v) is 11.7. The zero-order valence-corrected chi connectivity index (χ0v) is 26.4. The second kappa shape index (κ2) is 15.2. The average molecular weight is 679 g/mol. The molecule has 0 aliphatic carbocycles. The van der Waals surface area contributed by atoms with Gasteiger partial charge in [-0.25, -0.2) is 4.39 Å². The minimum Gasteiger partial charge on any atom is -0.493 e. The van der Waals surface area contributed by atoms with Crippen LogP contribution in [0.2, 0.25) is 0 Å². The van der Waals surface area contributed by atoms with Crippen molar-refractivity contribution in [1.82, 2.24) is 5.32 Å². The van der Waals surface area contributed by atoms with Crippen LogP contribution in [0.3, 0.4) is 0 Å². The molecule has 1 atom stereocenters. The number of benzene rings is 4. The minimum absolute atomic E-state index is 0.00925. The Morgan fingerprint density at radius 3 is 2.23 bits per heavy atom. The van der Waals surface area contributed by atoms with Crippen LogP contribution in [0, 0.1) is 5.82 Å². The van der Waals surface area contributed by atoms with Gasteiger partial charge < -0.3 is 25.4 Å². The van der Waals surface area contributed by atoms with Gasteiger partial charge in [-0.2, -0.15) is 0 Å². The molecule has 44 heavy (non-hydrogen) atoms. The summed E-state index contributed by atoms with van der Waals surface area (Å²) in [5.41, 5.74) is 1.57. The number of carbonyl (C=O) groups is 3. The summed E-state index contributed by atoms with van der Waals surface area (Å²) in [6.45, 7) is 1.72. The van der Waals surface area contributed by atoms with Crippen molar-refractivity contribution >= 4 is 62.9 Å². The number of hydrogen-bond acceptors (Lipinski definition) is 6. The van der Waals surface area contributed by atoms with Crippen LogP contribution in [0.4, 0.5) is 15.8 Å². The lowest BCUT2D eigenvalue weighted by molar-refractivity contribution is -0.115. The van der Waals surface area contributed by atoms with Crippen LogP contribution in [-0.2, 0) is 9.59 Å². The van der Waals surface area contributed by atoms with Crippen molar-refractivity contribution in [2.45, 2.75) is 17.1 Å². The Bertz CT molecular complexity index is 1680. The normalized spacial score (nSPS) is 11.7. The molecular weight excluding hydrogens is 649 g/mol. The molecule has 0 heterocycles. The van der Waals surface area contributed by atoms with Gasteiger partial charge in [-0.3, -0.25) is 14.4 Å². The number of rotatable bonds is 11. The molecule has 3 N–H and O–H groups in total. The van der Waals surface area contributed by atoms with E-state index < -0.39 is 22.9 Å². The molecule has 1 unspecified atom stereocenters. The molecule has 4 rings (SSSR count). The second-order valence-electron chi connectivity index (χ2n) is 9.34. The summed E-state index contributed by atoms with van der Waals surface area (Å²) in [7, 11) is 3.03. The first-order valence-electron chi connectivity index (χ1n) is 13.3. The molecule has 4 aromatic carbocycles. The van der Waals surface area contributed by atoms with Crippen molar-refractivity contribution < 1.29 is 28.2 Å².